The number of carbonyl (C=O) groups is 4. The Bertz CT molecular complexity index is 1830. The molecule has 3 N–H and O–H groups in total. The molecule has 17 nitrogen and oxygen atoms in total. The Morgan fingerprint density at radius 3 is 0.615 bits per heavy atom. The molecule has 0 fully saturated rings. The third kappa shape index (κ3) is 70.5. The second-order valence-electron chi connectivity index (χ2n) is 27.7. The van der Waals surface area contributed by atoms with E-state index in [0.29, 0.717) is 25.7 Å². The summed E-state index contributed by atoms with van der Waals surface area (Å²) in [6.07, 6.45) is 62.2. The summed E-state index contributed by atoms with van der Waals surface area (Å²) in [6.45, 7) is 5.01. The summed E-state index contributed by atoms with van der Waals surface area (Å²) in [6, 6.07) is 0. The fraction of sp³-hybridized carbons (Fsp3) is 0.948. The van der Waals surface area contributed by atoms with Gasteiger partial charge in [-0.15, -0.1) is 0 Å². The fourth-order valence-electron chi connectivity index (χ4n) is 11.9. The van der Waals surface area contributed by atoms with E-state index in [1.165, 1.54) is 244 Å². The molecule has 96 heavy (non-hydrogen) atoms. The van der Waals surface area contributed by atoms with E-state index >= 15 is 0 Å². The van der Waals surface area contributed by atoms with Gasteiger partial charge < -0.3 is 33.8 Å². The van der Waals surface area contributed by atoms with Gasteiger partial charge in [-0.05, 0) is 25.7 Å². The molecule has 0 amide bonds. The molecule has 0 bridgehead atoms. The summed E-state index contributed by atoms with van der Waals surface area (Å²) >= 11 is 0. The van der Waals surface area contributed by atoms with Gasteiger partial charge in [0, 0.05) is 25.7 Å². The van der Waals surface area contributed by atoms with Gasteiger partial charge >= 0.3 is 39.5 Å². The van der Waals surface area contributed by atoms with Gasteiger partial charge in [-0.3, -0.25) is 37.3 Å². The van der Waals surface area contributed by atoms with Crippen LogP contribution in [0.4, 0.5) is 0 Å². The molecule has 0 aromatic heterocycles. The van der Waals surface area contributed by atoms with Crippen LogP contribution in [0, 0.1) is 0 Å². The molecule has 0 aromatic carbocycles. The van der Waals surface area contributed by atoms with Gasteiger partial charge in [-0.1, -0.05) is 362 Å². The van der Waals surface area contributed by atoms with Crippen LogP contribution in [0.3, 0.4) is 0 Å². The molecule has 19 heteroatoms. The predicted octanol–water partition coefficient (Wildman–Crippen LogP) is 23.0. The molecule has 0 saturated heterocycles. The SMILES string of the molecule is CCCCCCCCCCCCCCCCCCCC(=O)O[C@H](COC(=O)CCCCCCCCCCCCCCCCC)COP(=O)(O)OC[C@@H](O)COP(=O)(O)OC[C@@H](COC(=O)CCCCCCCCCCCCCC)OC(=O)CCCCCCCCCCCCCC. The van der Waals surface area contributed by atoms with Crippen LogP contribution in [-0.4, -0.2) is 96.7 Å². The number of rotatable bonds is 78. The molecular formula is C77H150O17P2. The van der Waals surface area contributed by atoms with E-state index in [4.69, 9.17) is 37.0 Å². The first kappa shape index (κ1) is 94.1. The van der Waals surface area contributed by atoms with Crippen LogP contribution in [-0.2, 0) is 65.4 Å². The summed E-state index contributed by atoms with van der Waals surface area (Å²) in [7, 11) is -9.91. The zero-order valence-electron chi connectivity index (χ0n) is 62.4. The maximum atomic E-state index is 13.1. The van der Waals surface area contributed by atoms with E-state index in [9.17, 15) is 43.2 Å². The van der Waals surface area contributed by atoms with Crippen molar-refractivity contribution in [3.8, 4) is 0 Å². The van der Waals surface area contributed by atoms with Crippen molar-refractivity contribution in [2.75, 3.05) is 39.6 Å². The minimum absolute atomic E-state index is 0.108. The van der Waals surface area contributed by atoms with Crippen molar-refractivity contribution >= 4 is 39.5 Å². The average molecular weight is 1410 g/mol. The molecule has 5 atom stereocenters. The molecule has 0 heterocycles. The largest absolute Gasteiger partial charge is 0.472 e. The molecule has 0 aliphatic carbocycles. The highest BCUT2D eigenvalue weighted by atomic mass is 31.2. The standard InChI is InChI=1S/C77H150O17P2/c1-5-9-13-17-21-25-29-33-35-36-38-40-44-48-52-56-60-64-77(82)94-73(68-88-75(80)62-58-54-50-46-43-39-37-34-30-26-22-18-14-10-6-2)70-92-96(85,86)90-66-71(78)65-89-95(83,84)91-69-72(93-76(81)63-59-55-51-47-42-32-28-24-20-16-12-8-4)67-87-74(79)61-57-53-49-45-41-31-27-23-19-15-11-7-3/h71-73,78H,5-70H2,1-4H3,(H,83,84)(H,85,86)/t71-,72+,73+/m0/s1. The van der Waals surface area contributed by atoms with E-state index in [1.807, 2.05) is 0 Å². The molecule has 0 aliphatic heterocycles. The molecule has 2 unspecified atom stereocenters. The number of hydrogen-bond donors (Lipinski definition) is 3. The van der Waals surface area contributed by atoms with E-state index in [-0.39, 0.29) is 25.7 Å². The van der Waals surface area contributed by atoms with E-state index in [1.54, 1.807) is 0 Å². The van der Waals surface area contributed by atoms with Crippen LogP contribution >= 0.6 is 15.6 Å². The lowest BCUT2D eigenvalue weighted by Crippen LogP contribution is -2.30. The van der Waals surface area contributed by atoms with Gasteiger partial charge in [0.1, 0.15) is 19.3 Å². The van der Waals surface area contributed by atoms with Crippen LogP contribution in [0.15, 0.2) is 0 Å². The van der Waals surface area contributed by atoms with Crippen LogP contribution in [0.1, 0.15) is 413 Å². The number of esters is 4. The van der Waals surface area contributed by atoms with Crippen LogP contribution in [0.25, 0.3) is 0 Å². The number of phosphoric ester groups is 2. The second-order valence-corrected chi connectivity index (χ2v) is 30.7. The normalized spacial score (nSPS) is 13.9. The third-order valence-corrected chi connectivity index (χ3v) is 20.0. The summed E-state index contributed by atoms with van der Waals surface area (Å²) in [5, 5.41) is 10.6. The highest BCUT2D eigenvalue weighted by Crippen LogP contribution is 2.45. The fourth-order valence-corrected chi connectivity index (χ4v) is 13.5. The zero-order valence-corrected chi connectivity index (χ0v) is 64.1. The predicted molar refractivity (Wildman–Crippen MR) is 391 cm³/mol. The van der Waals surface area contributed by atoms with Crippen LogP contribution in [0.5, 0.6) is 0 Å². The number of unbranched alkanes of at least 4 members (excludes halogenated alkanes) is 52. The topological polar surface area (TPSA) is 237 Å². The number of hydrogen-bond acceptors (Lipinski definition) is 15. The minimum Gasteiger partial charge on any atom is -0.462 e. The molecule has 0 saturated carbocycles. The van der Waals surface area contributed by atoms with Gasteiger partial charge in [-0.2, -0.15) is 0 Å². The van der Waals surface area contributed by atoms with Gasteiger partial charge in [0.15, 0.2) is 12.2 Å². The first-order valence-corrected chi connectivity index (χ1v) is 43.3. The zero-order chi connectivity index (χ0) is 70.4. The quantitative estimate of drug-likeness (QED) is 0.0222. The summed E-state index contributed by atoms with van der Waals surface area (Å²) < 4.78 is 68.6. The van der Waals surface area contributed by atoms with Crippen molar-refractivity contribution < 1.29 is 80.2 Å². The molecule has 0 rings (SSSR count). The lowest BCUT2D eigenvalue weighted by Gasteiger charge is -2.21. The van der Waals surface area contributed by atoms with Crippen molar-refractivity contribution in [1.29, 1.82) is 0 Å². The summed E-state index contributed by atoms with van der Waals surface area (Å²) in [5.74, 6) is -2.11. The van der Waals surface area contributed by atoms with Gasteiger partial charge in [0.05, 0.1) is 26.4 Å². The second kappa shape index (κ2) is 71.5. The average Bonchev–Trinajstić information content (AvgIpc) is 1.68. The molecule has 0 aliphatic rings. The van der Waals surface area contributed by atoms with Crippen molar-refractivity contribution in [2.45, 2.75) is 431 Å². The highest BCUT2D eigenvalue weighted by Gasteiger charge is 2.30. The summed E-state index contributed by atoms with van der Waals surface area (Å²) in [5.41, 5.74) is 0. The van der Waals surface area contributed by atoms with Crippen molar-refractivity contribution in [1.82, 2.24) is 0 Å². The van der Waals surface area contributed by atoms with E-state index < -0.39 is 97.5 Å². The number of ether oxygens (including phenoxy) is 4. The first-order valence-electron chi connectivity index (χ1n) is 40.3. The lowest BCUT2D eigenvalue weighted by molar-refractivity contribution is -0.161. The van der Waals surface area contributed by atoms with E-state index in [0.717, 1.165) is 89.9 Å². The van der Waals surface area contributed by atoms with Crippen LogP contribution in [0.2, 0.25) is 0 Å². The smallest absolute Gasteiger partial charge is 0.462 e. The Balaban J connectivity index is 5.25. The van der Waals surface area contributed by atoms with Gasteiger partial charge in [0.2, 0.25) is 0 Å². The monoisotopic (exact) mass is 1410 g/mol. The van der Waals surface area contributed by atoms with E-state index in [2.05, 4.69) is 27.7 Å². The molecule has 570 valence electrons. The van der Waals surface area contributed by atoms with Gasteiger partial charge in [0.25, 0.3) is 0 Å². The molecular weight excluding hydrogens is 1260 g/mol. The number of phosphoric acid groups is 2. The Kier molecular flexibility index (Phi) is 70.0. The van der Waals surface area contributed by atoms with Crippen molar-refractivity contribution in [3.63, 3.8) is 0 Å². The first-order chi connectivity index (χ1) is 46.7. The maximum absolute atomic E-state index is 13.1. The van der Waals surface area contributed by atoms with Crippen LogP contribution < -0.4 is 0 Å². The van der Waals surface area contributed by atoms with Gasteiger partial charge in [-0.25, -0.2) is 9.13 Å². The number of aliphatic hydroxyl groups excluding tert-OH is 1. The van der Waals surface area contributed by atoms with Crippen molar-refractivity contribution in [3.05, 3.63) is 0 Å². The molecule has 0 radical (unpaired) electrons. The highest BCUT2D eigenvalue weighted by molar-refractivity contribution is 7.47. The Labute approximate surface area is 588 Å². The molecule has 0 spiro atoms. The third-order valence-electron chi connectivity index (χ3n) is 18.1. The number of aliphatic hydroxyl groups is 1. The Morgan fingerprint density at radius 2 is 0.417 bits per heavy atom. The summed E-state index contributed by atoms with van der Waals surface area (Å²) in [4.78, 5) is 72.9. The van der Waals surface area contributed by atoms with Crippen molar-refractivity contribution in [2.24, 2.45) is 0 Å². The maximum Gasteiger partial charge on any atom is 0.472 e. The Morgan fingerprint density at radius 1 is 0.250 bits per heavy atom. The molecule has 0 aromatic rings. The minimum atomic E-state index is -4.96. The number of carbonyl (C=O) groups excluding carboxylic acids is 4. The Hall–Kier alpha value is -1.94. The lowest BCUT2D eigenvalue weighted by atomic mass is 10.0.